The Balaban J connectivity index is 1.41. The molecule has 0 bridgehead atoms. The third kappa shape index (κ3) is 5.52. The van der Waals surface area contributed by atoms with Gasteiger partial charge in [-0.05, 0) is 80.2 Å². The van der Waals surface area contributed by atoms with E-state index in [2.05, 4.69) is 45.7 Å². The van der Waals surface area contributed by atoms with Gasteiger partial charge in [-0.3, -0.25) is 14.5 Å². The molecule has 1 saturated heterocycles. The fourth-order valence-corrected chi connectivity index (χ4v) is 4.72. The fraction of sp³-hybridized carbons (Fsp3) is 0.440. The molecule has 0 radical (unpaired) electrons. The monoisotopic (exact) mass is 474 g/mol. The van der Waals surface area contributed by atoms with Crippen LogP contribution in [0.25, 0.3) is 0 Å². The number of carbonyl (C=O) groups is 2. The zero-order chi connectivity index (χ0) is 24.3. The molecule has 2 amide bonds. The smallest absolute Gasteiger partial charge is 0.374 e. The van der Waals surface area contributed by atoms with E-state index in [1.165, 1.54) is 11.3 Å². The van der Waals surface area contributed by atoms with Gasteiger partial charge < -0.3 is 15.5 Å². The number of fused-ring (bicyclic) bond motifs is 1. The van der Waals surface area contributed by atoms with E-state index >= 15 is 0 Å². The molecular formula is C25H29F3N4O2. The Morgan fingerprint density at radius 2 is 1.68 bits per heavy atom. The highest BCUT2D eigenvalue weighted by molar-refractivity contribution is 6.39. The van der Waals surface area contributed by atoms with Gasteiger partial charge in [-0.25, -0.2) is 0 Å². The highest BCUT2D eigenvalue weighted by Gasteiger charge is 2.30. The van der Waals surface area contributed by atoms with Crippen molar-refractivity contribution in [2.75, 3.05) is 43.4 Å². The highest BCUT2D eigenvalue weighted by atomic mass is 19.4. The van der Waals surface area contributed by atoms with Crippen LogP contribution in [0, 0.1) is 0 Å². The number of carbonyl (C=O) groups excluding carboxylic acids is 2. The largest absolute Gasteiger partial charge is 0.416 e. The first-order chi connectivity index (χ1) is 16.2. The van der Waals surface area contributed by atoms with Crippen LogP contribution in [0.1, 0.15) is 42.0 Å². The lowest BCUT2D eigenvalue weighted by Crippen LogP contribution is -2.41. The van der Waals surface area contributed by atoms with Crippen molar-refractivity contribution in [3.8, 4) is 0 Å². The number of aryl methyl sites for hydroxylation is 1. The molecule has 1 atom stereocenters. The number of hydrogen-bond acceptors (Lipinski definition) is 4. The minimum atomic E-state index is -4.46. The summed E-state index contributed by atoms with van der Waals surface area (Å²) in [6.07, 6.45) is -0.167. The summed E-state index contributed by atoms with van der Waals surface area (Å²) in [6, 6.07) is 10.4. The summed E-state index contributed by atoms with van der Waals surface area (Å²) >= 11 is 0. The Morgan fingerprint density at radius 3 is 2.35 bits per heavy atom. The number of likely N-dealkylation sites (tertiary alicyclic amines) is 1. The molecule has 182 valence electrons. The molecule has 2 aromatic rings. The van der Waals surface area contributed by atoms with Crippen LogP contribution in [0.15, 0.2) is 42.5 Å². The number of halogens is 3. The molecule has 4 rings (SSSR count). The van der Waals surface area contributed by atoms with Gasteiger partial charge in [0.2, 0.25) is 0 Å². The van der Waals surface area contributed by atoms with Crippen molar-refractivity contribution < 1.29 is 22.8 Å². The SMILES string of the molecule is CN1CCCc2cc([C@@H](CNC(=O)C(=O)Nc3ccc(C(F)(F)F)cc3)N3CCCC3)ccc21. The average Bonchev–Trinajstić information content (AvgIpc) is 3.33. The predicted molar refractivity (Wildman–Crippen MR) is 125 cm³/mol. The molecule has 34 heavy (non-hydrogen) atoms. The number of hydrogen-bond donors (Lipinski definition) is 2. The van der Waals surface area contributed by atoms with Gasteiger partial charge in [0.05, 0.1) is 11.6 Å². The van der Waals surface area contributed by atoms with Crippen molar-refractivity contribution in [2.24, 2.45) is 0 Å². The Labute approximate surface area is 197 Å². The Hall–Kier alpha value is -3.07. The van der Waals surface area contributed by atoms with E-state index in [4.69, 9.17) is 0 Å². The summed E-state index contributed by atoms with van der Waals surface area (Å²) < 4.78 is 38.1. The first kappa shape index (κ1) is 24.1. The molecule has 2 heterocycles. The molecule has 2 N–H and O–H groups in total. The number of anilines is 2. The van der Waals surface area contributed by atoms with Crippen LogP contribution in [0.4, 0.5) is 24.5 Å². The van der Waals surface area contributed by atoms with Crippen molar-refractivity contribution in [3.05, 3.63) is 59.2 Å². The molecule has 9 heteroatoms. The molecule has 1 fully saturated rings. The van der Waals surface area contributed by atoms with Crippen molar-refractivity contribution in [1.29, 1.82) is 0 Å². The van der Waals surface area contributed by atoms with E-state index in [9.17, 15) is 22.8 Å². The van der Waals surface area contributed by atoms with Gasteiger partial charge in [-0.1, -0.05) is 12.1 Å². The summed E-state index contributed by atoms with van der Waals surface area (Å²) in [5, 5.41) is 5.08. The molecule has 0 saturated carbocycles. The summed E-state index contributed by atoms with van der Waals surface area (Å²) in [6.45, 7) is 3.16. The summed E-state index contributed by atoms with van der Waals surface area (Å²) in [5.41, 5.74) is 2.94. The fourth-order valence-electron chi connectivity index (χ4n) is 4.72. The second-order valence-corrected chi connectivity index (χ2v) is 8.91. The van der Waals surface area contributed by atoms with E-state index in [0.29, 0.717) is 0 Å². The lowest BCUT2D eigenvalue weighted by Gasteiger charge is -2.31. The third-order valence-electron chi connectivity index (χ3n) is 6.55. The van der Waals surface area contributed by atoms with E-state index in [-0.39, 0.29) is 18.3 Å². The molecule has 2 aromatic carbocycles. The molecule has 0 spiro atoms. The minimum Gasteiger partial charge on any atom is -0.374 e. The zero-order valence-corrected chi connectivity index (χ0v) is 19.1. The van der Waals surface area contributed by atoms with Crippen LogP contribution >= 0.6 is 0 Å². The predicted octanol–water partition coefficient (Wildman–Crippen LogP) is 3.98. The maximum absolute atomic E-state index is 12.7. The minimum absolute atomic E-state index is 0.0529. The van der Waals surface area contributed by atoms with Gasteiger partial charge in [0.15, 0.2) is 0 Å². The molecule has 0 unspecified atom stereocenters. The van der Waals surface area contributed by atoms with Crippen LogP contribution in [0.5, 0.6) is 0 Å². The topological polar surface area (TPSA) is 64.7 Å². The lowest BCUT2D eigenvalue weighted by atomic mass is 9.96. The van der Waals surface area contributed by atoms with Crippen LogP contribution < -0.4 is 15.5 Å². The van der Waals surface area contributed by atoms with Gasteiger partial charge in [-0.2, -0.15) is 13.2 Å². The quantitative estimate of drug-likeness (QED) is 0.644. The van der Waals surface area contributed by atoms with Crippen molar-refractivity contribution >= 4 is 23.2 Å². The van der Waals surface area contributed by atoms with E-state index in [0.717, 1.165) is 75.1 Å². The first-order valence-electron chi connectivity index (χ1n) is 11.6. The summed E-state index contributed by atoms with van der Waals surface area (Å²) in [7, 11) is 2.09. The van der Waals surface area contributed by atoms with Crippen LogP contribution in [0.3, 0.4) is 0 Å². The van der Waals surface area contributed by atoms with Gasteiger partial charge >= 0.3 is 18.0 Å². The van der Waals surface area contributed by atoms with E-state index in [1.807, 2.05) is 0 Å². The Kier molecular flexibility index (Phi) is 7.11. The average molecular weight is 475 g/mol. The number of amides is 2. The molecule has 2 aliphatic heterocycles. The van der Waals surface area contributed by atoms with Crippen LogP contribution in [0.2, 0.25) is 0 Å². The maximum Gasteiger partial charge on any atom is 0.416 e. The molecular weight excluding hydrogens is 445 g/mol. The third-order valence-corrected chi connectivity index (χ3v) is 6.55. The highest BCUT2D eigenvalue weighted by Crippen LogP contribution is 2.32. The van der Waals surface area contributed by atoms with E-state index in [1.54, 1.807) is 0 Å². The zero-order valence-electron chi connectivity index (χ0n) is 19.1. The van der Waals surface area contributed by atoms with Gasteiger partial charge in [0.25, 0.3) is 0 Å². The molecule has 2 aliphatic rings. The van der Waals surface area contributed by atoms with Gasteiger partial charge in [-0.15, -0.1) is 0 Å². The summed E-state index contributed by atoms with van der Waals surface area (Å²) in [5.74, 6) is -1.73. The second kappa shape index (κ2) is 10.0. The molecule has 0 aromatic heterocycles. The lowest BCUT2D eigenvalue weighted by molar-refractivity contribution is -0.137. The van der Waals surface area contributed by atoms with Crippen molar-refractivity contribution in [3.63, 3.8) is 0 Å². The van der Waals surface area contributed by atoms with E-state index < -0.39 is 23.6 Å². The maximum atomic E-state index is 12.7. The standard InChI is InChI=1S/C25H29F3N4O2/c1-31-12-4-5-17-15-18(6-11-21(17)31)22(32-13-2-3-14-32)16-29-23(33)24(34)30-20-9-7-19(8-10-20)25(26,27)28/h6-11,15,22H,2-5,12-14,16H2,1H3,(H,29,33)(H,30,34)/t22-/m1/s1. The molecule has 0 aliphatic carbocycles. The van der Waals surface area contributed by atoms with Gasteiger partial charge in [0, 0.05) is 31.5 Å². The number of rotatable bonds is 5. The van der Waals surface area contributed by atoms with Crippen LogP contribution in [-0.4, -0.2) is 49.9 Å². The second-order valence-electron chi connectivity index (χ2n) is 8.91. The molecule has 6 nitrogen and oxygen atoms in total. The number of benzene rings is 2. The Morgan fingerprint density at radius 1 is 0.971 bits per heavy atom. The Bertz CT molecular complexity index is 1030. The first-order valence-corrected chi connectivity index (χ1v) is 11.6. The van der Waals surface area contributed by atoms with Gasteiger partial charge in [0.1, 0.15) is 0 Å². The number of nitrogens with zero attached hydrogens (tertiary/aromatic N) is 2. The van der Waals surface area contributed by atoms with Crippen molar-refractivity contribution in [1.82, 2.24) is 10.2 Å². The number of nitrogens with one attached hydrogen (secondary N) is 2. The normalized spacial score (nSPS) is 17.2. The van der Waals surface area contributed by atoms with Crippen LogP contribution in [-0.2, 0) is 22.2 Å². The number of alkyl halides is 3. The summed E-state index contributed by atoms with van der Waals surface area (Å²) in [4.78, 5) is 29.4. The van der Waals surface area contributed by atoms with Crippen molar-refractivity contribution in [2.45, 2.75) is 37.9 Å².